The van der Waals surface area contributed by atoms with Gasteiger partial charge in [0.25, 0.3) is 0 Å². The Bertz CT molecular complexity index is 1630. The van der Waals surface area contributed by atoms with Gasteiger partial charge in [0.2, 0.25) is 17.7 Å². The lowest BCUT2D eigenvalue weighted by Crippen LogP contribution is -2.67. The number of hydrogen-bond acceptors (Lipinski definition) is 5. The van der Waals surface area contributed by atoms with Crippen molar-refractivity contribution >= 4 is 69.5 Å². The number of H-pyrrole nitrogens is 1. The predicted molar refractivity (Wildman–Crippen MR) is 180 cm³/mol. The van der Waals surface area contributed by atoms with Gasteiger partial charge in [-0.3, -0.25) is 14.4 Å². The highest BCUT2D eigenvalue weighted by atomic mass is 35.5. The SMILES string of the molecule is CCC(C)C(NC(=O)C1(NC(=O)C(NC(=O)OCc2ccccc2Cl)C(C)CC)CCc2[nH]c3c(Cl)cc(Cl)cc3c2C1)C(N)=O. The highest BCUT2D eigenvalue weighted by Gasteiger charge is 2.46. The van der Waals surface area contributed by atoms with Crippen molar-refractivity contribution in [1.82, 2.24) is 20.9 Å². The first-order chi connectivity index (χ1) is 21.8. The van der Waals surface area contributed by atoms with Crippen LogP contribution in [-0.2, 0) is 38.6 Å². The Morgan fingerprint density at radius 1 is 0.978 bits per heavy atom. The van der Waals surface area contributed by atoms with Crippen molar-refractivity contribution in [1.29, 1.82) is 0 Å². The Labute approximate surface area is 283 Å². The van der Waals surface area contributed by atoms with Crippen molar-refractivity contribution in [3.05, 3.63) is 68.3 Å². The van der Waals surface area contributed by atoms with Gasteiger partial charge in [-0.15, -0.1) is 0 Å². The smallest absolute Gasteiger partial charge is 0.408 e. The summed E-state index contributed by atoms with van der Waals surface area (Å²) in [5.41, 5.74) is 7.13. The highest BCUT2D eigenvalue weighted by molar-refractivity contribution is 6.38. The van der Waals surface area contributed by atoms with Crippen LogP contribution in [0.15, 0.2) is 36.4 Å². The number of aryl methyl sites for hydroxylation is 1. The van der Waals surface area contributed by atoms with E-state index in [0.29, 0.717) is 45.4 Å². The molecule has 1 aliphatic carbocycles. The molecule has 6 N–H and O–H groups in total. The Balaban J connectivity index is 1.66. The lowest BCUT2D eigenvalue weighted by molar-refractivity contribution is -0.137. The molecule has 1 aromatic heterocycles. The Kier molecular flexibility index (Phi) is 11.5. The monoisotopic (exact) mass is 691 g/mol. The van der Waals surface area contributed by atoms with Crippen LogP contribution in [-0.4, -0.2) is 46.4 Å². The van der Waals surface area contributed by atoms with Gasteiger partial charge in [0.1, 0.15) is 24.2 Å². The summed E-state index contributed by atoms with van der Waals surface area (Å²) in [5, 5.41) is 10.5. The summed E-state index contributed by atoms with van der Waals surface area (Å²) in [6, 6.07) is 8.36. The second kappa shape index (κ2) is 15.0. The van der Waals surface area contributed by atoms with Crippen molar-refractivity contribution in [3.63, 3.8) is 0 Å². The van der Waals surface area contributed by atoms with Crippen LogP contribution in [0.4, 0.5) is 4.79 Å². The van der Waals surface area contributed by atoms with Gasteiger partial charge in [-0.1, -0.05) is 93.5 Å². The molecule has 0 bridgehead atoms. The second-order valence-electron chi connectivity index (χ2n) is 12.1. The van der Waals surface area contributed by atoms with Crippen LogP contribution >= 0.6 is 34.8 Å². The second-order valence-corrected chi connectivity index (χ2v) is 13.3. The van der Waals surface area contributed by atoms with Crippen molar-refractivity contribution in [2.24, 2.45) is 17.6 Å². The minimum Gasteiger partial charge on any atom is -0.445 e. The topological polar surface area (TPSA) is 155 Å². The number of aromatic nitrogens is 1. The zero-order valence-electron chi connectivity index (χ0n) is 26.3. The number of benzene rings is 2. The van der Waals surface area contributed by atoms with Crippen LogP contribution in [0.5, 0.6) is 0 Å². The highest BCUT2D eigenvalue weighted by Crippen LogP contribution is 2.38. The number of nitrogens with two attached hydrogens (primary N) is 1. The van der Waals surface area contributed by atoms with E-state index in [4.69, 9.17) is 45.3 Å². The van der Waals surface area contributed by atoms with Gasteiger partial charge < -0.3 is 31.4 Å². The van der Waals surface area contributed by atoms with Crippen molar-refractivity contribution in [2.75, 3.05) is 0 Å². The van der Waals surface area contributed by atoms with Crippen molar-refractivity contribution in [2.45, 2.75) is 84.0 Å². The quantitative estimate of drug-likeness (QED) is 0.162. The summed E-state index contributed by atoms with van der Waals surface area (Å²) in [5.74, 6) is -2.37. The first kappa shape index (κ1) is 35.4. The molecule has 1 aliphatic rings. The lowest BCUT2D eigenvalue weighted by atomic mass is 9.78. The maximum absolute atomic E-state index is 14.2. The average Bonchev–Trinajstić information content (AvgIpc) is 3.38. The third-order valence-electron chi connectivity index (χ3n) is 8.99. The molecule has 46 heavy (non-hydrogen) atoms. The fourth-order valence-corrected chi connectivity index (χ4v) is 6.51. The zero-order valence-corrected chi connectivity index (χ0v) is 28.5. The van der Waals surface area contributed by atoms with Crippen LogP contribution in [0.3, 0.4) is 0 Å². The Morgan fingerprint density at radius 2 is 1.65 bits per heavy atom. The Morgan fingerprint density at radius 3 is 2.30 bits per heavy atom. The number of carbonyl (C=O) groups is 4. The van der Waals surface area contributed by atoms with Crippen LogP contribution in [0, 0.1) is 11.8 Å². The number of halogens is 3. The number of aromatic amines is 1. The maximum atomic E-state index is 14.2. The van der Waals surface area contributed by atoms with Crippen molar-refractivity contribution in [3.8, 4) is 0 Å². The van der Waals surface area contributed by atoms with E-state index in [-0.39, 0.29) is 31.3 Å². The number of ether oxygens (including phenoxy) is 1. The first-order valence-corrected chi connectivity index (χ1v) is 16.5. The normalized spacial score (nSPS) is 18.5. The van der Waals surface area contributed by atoms with Gasteiger partial charge in [-0.05, 0) is 48.4 Å². The van der Waals surface area contributed by atoms with E-state index in [1.807, 2.05) is 27.7 Å². The number of rotatable bonds is 12. The third kappa shape index (κ3) is 7.73. The minimum absolute atomic E-state index is 0.0761. The fourth-order valence-electron chi connectivity index (χ4n) is 5.78. The summed E-state index contributed by atoms with van der Waals surface area (Å²) in [7, 11) is 0. The van der Waals surface area contributed by atoms with E-state index in [1.165, 1.54) is 0 Å². The average molecular weight is 693 g/mol. The molecule has 5 atom stereocenters. The summed E-state index contributed by atoms with van der Waals surface area (Å²) >= 11 is 19.0. The number of nitrogens with one attached hydrogen (secondary N) is 4. The summed E-state index contributed by atoms with van der Waals surface area (Å²) in [6.07, 6.45) is 0.989. The number of fused-ring (bicyclic) bond motifs is 3. The number of alkyl carbamates (subject to hydrolysis) is 1. The molecule has 1 heterocycles. The molecule has 0 radical (unpaired) electrons. The molecule has 4 rings (SSSR count). The minimum atomic E-state index is -1.50. The predicted octanol–water partition coefficient (Wildman–Crippen LogP) is 5.83. The van der Waals surface area contributed by atoms with E-state index in [9.17, 15) is 19.2 Å². The molecular formula is C33H40Cl3N5O5. The maximum Gasteiger partial charge on any atom is 0.408 e. The molecule has 0 saturated heterocycles. The first-order valence-electron chi connectivity index (χ1n) is 15.4. The van der Waals surface area contributed by atoms with E-state index in [2.05, 4.69) is 20.9 Å². The molecule has 2 aromatic carbocycles. The molecule has 13 heteroatoms. The molecule has 0 aliphatic heterocycles. The fraction of sp³-hybridized carbons (Fsp3) is 0.455. The molecule has 5 unspecified atom stereocenters. The van der Waals surface area contributed by atoms with Gasteiger partial charge >= 0.3 is 6.09 Å². The molecule has 0 spiro atoms. The van der Waals surface area contributed by atoms with Crippen molar-refractivity contribution < 1.29 is 23.9 Å². The number of carbonyl (C=O) groups excluding carboxylic acids is 4. The van der Waals surface area contributed by atoms with Crippen LogP contribution in [0.1, 0.15) is 63.8 Å². The van der Waals surface area contributed by atoms with E-state index in [1.54, 1.807) is 36.4 Å². The van der Waals surface area contributed by atoms with E-state index in [0.717, 1.165) is 16.6 Å². The molecule has 0 fully saturated rings. The molecule has 10 nitrogen and oxygen atoms in total. The summed E-state index contributed by atoms with van der Waals surface area (Å²) in [6.45, 7) is 7.33. The molecule has 4 amide bonds. The summed E-state index contributed by atoms with van der Waals surface area (Å²) < 4.78 is 5.40. The standard InChI is InChI=1S/C33H40Cl3N5O5/c1-5-17(3)26(29(37)42)39-31(44)33(12-11-25-22(15-33)21-13-20(34)14-24(36)28(21)38-25)41-30(43)27(18(4)6-2)40-32(45)46-16-19-9-7-8-10-23(19)35/h7-10,13-14,17-18,26-27,38H,5-6,11-12,15-16H2,1-4H3,(H2,37,42)(H,39,44)(H,40,45)(H,41,43). The van der Waals surface area contributed by atoms with Crippen LogP contribution < -0.4 is 21.7 Å². The third-order valence-corrected chi connectivity index (χ3v) is 9.87. The van der Waals surface area contributed by atoms with Gasteiger partial charge in [0.15, 0.2) is 0 Å². The van der Waals surface area contributed by atoms with Crippen LogP contribution in [0.2, 0.25) is 15.1 Å². The van der Waals surface area contributed by atoms with Gasteiger partial charge in [0.05, 0.1) is 10.5 Å². The Hall–Kier alpha value is -3.47. The number of hydrogen-bond donors (Lipinski definition) is 5. The number of primary amides is 1. The van der Waals surface area contributed by atoms with Crippen LogP contribution in [0.25, 0.3) is 10.9 Å². The van der Waals surface area contributed by atoms with Gasteiger partial charge in [0, 0.05) is 33.1 Å². The van der Waals surface area contributed by atoms with E-state index < -0.39 is 41.4 Å². The molecule has 248 valence electrons. The van der Waals surface area contributed by atoms with Gasteiger partial charge in [-0.25, -0.2) is 4.79 Å². The number of amides is 4. The molecule has 0 saturated carbocycles. The lowest BCUT2D eigenvalue weighted by Gasteiger charge is -2.39. The molecule has 3 aromatic rings. The largest absolute Gasteiger partial charge is 0.445 e. The molecular weight excluding hydrogens is 653 g/mol. The summed E-state index contributed by atoms with van der Waals surface area (Å²) in [4.78, 5) is 57.0. The zero-order chi connectivity index (χ0) is 33.8. The van der Waals surface area contributed by atoms with E-state index >= 15 is 0 Å². The van der Waals surface area contributed by atoms with Gasteiger partial charge in [-0.2, -0.15) is 0 Å².